The van der Waals surface area contributed by atoms with Crippen LogP contribution in [0.25, 0.3) is 5.78 Å². The summed E-state index contributed by atoms with van der Waals surface area (Å²) in [7, 11) is 0. The van der Waals surface area contributed by atoms with Crippen LogP contribution in [0.2, 0.25) is 0 Å². The highest BCUT2D eigenvalue weighted by atomic mass is 32.2. The molecule has 102 valence electrons. The van der Waals surface area contributed by atoms with E-state index in [4.69, 9.17) is 0 Å². The Morgan fingerprint density at radius 3 is 2.95 bits per heavy atom. The second kappa shape index (κ2) is 5.13. The third kappa shape index (κ3) is 2.46. The summed E-state index contributed by atoms with van der Waals surface area (Å²) in [6.45, 7) is 4.19. The van der Waals surface area contributed by atoms with Gasteiger partial charge in [0, 0.05) is 18.0 Å². The number of rotatable bonds is 3. The van der Waals surface area contributed by atoms with E-state index < -0.39 is 0 Å². The number of thioether (sulfide) groups is 1. The molecule has 0 spiro atoms. The minimum atomic E-state index is -0.170. The zero-order valence-electron chi connectivity index (χ0n) is 11.3. The van der Waals surface area contributed by atoms with Gasteiger partial charge in [-0.1, -0.05) is 35.5 Å². The number of nitrogens with one attached hydrogen (secondary N) is 1. The number of aromatic nitrogens is 4. The molecule has 0 aliphatic heterocycles. The Morgan fingerprint density at radius 1 is 1.25 bits per heavy atom. The van der Waals surface area contributed by atoms with Crippen LogP contribution < -0.4 is 5.56 Å². The number of aromatic amines is 1. The van der Waals surface area contributed by atoms with Crippen molar-refractivity contribution < 1.29 is 0 Å². The number of hydrogen-bond acceptors (Lipinski definition) is 4. The van der Waals surface area contributed by atoms with Gasteiger partial charge in [-0.25, -0.2) is 0 Å². The summed E-state index contributed by atoms with van der Waals surface area (Å²) in [5, 5.41) is 8.85. The van der Waals surface area contributed by atoms with Crippen LogP contribution in [0.4, 0.5) is 0 Å². The number of benzene rings is 1. The number of aryl methyl sites for hydroxylation is 2. The van der Waals surface area contributed by atoms with Crippen molar-refractivity contribution in [2.24, 2.45) is 0 Å². The molecule has 0 radical (unpaired) electrons. The quantitative estimate of drug-likeness (QED) is 0.751. The van der Waals surface area contributed by atoms with E-state index in [-0.39, 0.29) is 5.56 Å². The van der Waals surface area contributed by atoms with E-state index in [9.17, 15) is 4.79 Å². The molecule has 2 aromatic heterocycles. The molecule has 0 aliphatic rings. The molecule has 3 rings (SSSR count). The monoisotopic (exact) mass is 286 g/mol. The van der Waals surface area contributed by atoms with E-state index in [1.807, 2.05) is 0 Å². The van der Waals surface area contributed by atoms with Gasteiger partial charge in [0.1, 0.15) is 0 Å². The van der Waals surface area contributed by atoms with Crippen molar-refractivity contribution in [1.29, 1.82) is 0 Å². The van der Waals surface area contributed by atoms with Gasteiger partial charge >= 0.3 is 0 Å². The first kappa shape index (κ1) is 12.9. The van der Waals surface area contributed by atoms with Gasteiger partial charge in [0.15, 0.2) is 5.16 Å². The molecule has 0 saturated carbocycles. The molecule has 2 heterocycles. The van der Waals surface area contributed by atoms with Crippen molar-refractivity contribution in [3.63, 3.8) is 0 Å². The predicted molar refractivity (Wildman–Crippen MR) is 79.1 cm³/mol. The maximum Gasteiger partial charge on any atom is 0.252 e. The highest BCUT2D eigenvalue weighted by Gasteiger charge is 2.08. The Hall–Kier alpha value is -2.08. The molecular weight excluding hydrogens is 272 g/mol. The zero-order chi connectivity index (χ0) is 14.1. The van der Waals surface area contributed by atoms with Gasteiger partial charge in [-0.15, -0.1) is 10.2 Å². The van der Waals surface area contributed by atoms with Crippen molar-refractivity contribution in [2.45, 2.75) is 24.8 Å². The molecule has 0 fully saturated rings. The lowest BCUT2D eigenvalue weighted by atomic mass is 10.1. The van der Waals surface area contributed by atoms with Crippen molar-refractivity contribution in [3.05, 3.63) is 57.5 Å². The second-order valence-corrected chi connectivity index (χ2v) is 5.64. The van der Waals surface area contributed by atoms with Gasteiger partial charge < -0.3 is 0 Å². The molecular formula is C14H14N4OS. The summed E-state index contributed by atoms with van der Waals surface area (Å²) < 4.78 is 1.79. The summed E-state index contributed by atoms with van der Waals surface area (Å²) in [5.41, 5.74) is 3.64. The smallest absolute Gasteiger partial charge is 0.252 e. The Morgan fingerprint density at radius 2 is 2.10 bits per heavy atom. The molecule has 0 bridgehead atoms. The molecule has 20 heavy (non-hydrogen) atoms. The van der Waals surface area contributed by atoms with Crippen LogP contribution in [0.5, 0.6) is 0 Å². The maximum atomic E-state index is 11.2. The van der Waals surface area contributed by atoms with E-state index in [1.165, 1.54) is 22.8 Å². The first-order valence-electron chi connectivity index (χ1n) is 6.26. The standard InChI is InChI=1S/C14H14N4OS/c1-9-3-4-10(2)11(7-9)8-20-14-17-16-13-15-12(19)5-6-18(13)14/h3-7H,8H2,1-2H3,(H,15,16,19). The van der Waals surface area contributed by atoms with Crippen LogP contribution in [-0.2, 0) is 5.75 Å². The normalized spacial score (nSPS) is 11.1. The lowest BCUT2D eigenvalue weighted by molar-refractivity contribution is 0.915. The summed E-state index contributed by atoms with van der Waals surface area (Å²) in [4.78, 5) is 13.9. The summed E-state index contributed by atoms with van der Waals surface area (Å²) in [6.07, 6.45) is 1.69. The van der Waals surface area contributed by atoms with E-state index in [0.29, 0.717) is 5.78 Å². The molecule has 0 saturated heterocycles. The Labute approximate surface area is 120 Å². The third-order valence-corrected chi connectivity index (χ3v) is 4.13. The summed E-state index contributed by atoms with van der Waals surface area (Å²) in [5.74, 6) is 1.30. The lowest BCUT2D eigenvalue weighted by Gasteiger charge is -2.06. The van der Waals surface area contributed by atoms with Gasteiger partial charge in [-0.3, -0.25) is 14.2 Å². The fraction of sp³-hybridized carbons (Fsp3) is 0.214. The van der Waals surface area contributed by atoms with Crippen LogP contribution in [0.1, 0.15) is 16.7 Å². The molecule has 3 aromatic rings. The predicted octanol–water partition coefficient (Wildman–Crippen LogP) is 2.33. The van der Waals surface area contributed by atoms with E-state index in [1.54, 1.807) is 22.4 Å². The van der Waals surface area contributed by atoms with E-state index in [0.717, 1.165) is 10.9 Å². The fourth-order valence-electron chi connectivity index (χ4n) is 1.99. The largest absolute Gasteiger partial charge is 0.291 e. The van der Waals surface area contributed by atoms with Gasteiger partial charge in [-0.05, 0) is 25.0 Å². The molecule has 6 heteroatoms. The van der Waals surface area contributed by atoms with Crippen LogP contribution in [0.3, 0.4) is 0 Å². The van der Waals surface area contributed by atoms with Crippen LogP contribution in [-0.4, -0.2) is 19.6 Å². The van der Waals surface area contributed by atoms with Crippen molar-refractivity contribution >= 4 is 17.5 Å². The number of H-pyrrole nitrogens is 1. The fourth-order valence-corrected chi connectivity index (χ4v) is 2.97. The Balaban J connectivity index is 1.87. The maximum absolute atomic E-state index is 11.2. The van der Waals surface area contributed by atoms with Crippen molar-refractivity contribution in [3.8, 4) is 0 Å². The van der Waals surface area contributed by atoms with E-state index >= 15 is 0 Å². The minimum absolute atomic E-state index is 0.170. The molecule has 5 nitrogen and oxygen atoms in total. The molecule has 1 aromatic carbocycles. The molecule has 0 amide bonds. The second-order valence-electron chi connectivity index (χ2n) is 4.70. The van der Waals surface area contributed by atoms with Gasteiger partial charge in [0.2, 0.25) is 5.78 Å². The van der Waals surface area contributed by atoms with Gasteiger partial charge in [-0.2, -0.15) is 0 Å². The van der Waals surface area contributed by atoms with Crippen LogP contribution >= 0.6 is 11.8 Å². The topological polar surface area (TPSA) is 63.0 Å². The summed E-state index contributed by atoms with van der Waals surface area (Å²) >= 11 is 1.61. The van der Waals surface area contributed by atoms with Crippen molar-refractivity contribution in [2.75, 3.05) is 0 Å². The first-order valence-corrected chi connectivity index (χ1v) is 7.25. The van der Waals surface area contributed by atoms with E-state index in [2.05, 4.69) is 47.2 Å². The average Bonchev–Trinajstić information content (AvgIpc) is 2.82. The molecule has 0 unspecified atom stereocenters. The highest BCUT2D eigenvalue weighted by Crippen LogP contribution is 2.23. The third-order valence-electron chi connectivity index (χ3n) is 3.14. The highest BCUT2D eigenvalue weighted by molar-refractivity contribution is 7.98. The molecule has 0 atom stereocenters. The SMILES string of the molecule is Cc1ccc(C)c(CSc2nnc3[nH]c(=O)ccn23)c1. The lowest BCUT2D eigenvalue weighted by Crippen LogP contribution is -2.05. The van der Waals surface area contributed by atoms with Crippen molar-refractivity contribution in [1.82, 2.24) is 19.6 Å². The average molecular weight is 286 g/mol. The van der Waals surface area contributed by atoms with Crippen LogP contribution in [0.15, 0.2) is 40.4 Å². The van der Waals surface area contributed by atoms with Crippen LogP contribution in [0, 0.1) is 13.8 Å². The zero-order valence-corrected chi connectivity index (χ0v) is 12.1. The Bertz CT molecular complexity index is 821. The first-order chi connectivity index (χ1) is 9.63. The number of nitrogens with zero attached hydrogens (tertiary/aromatic N) is 3. The van der Waals surface area contributed by atoms with Gasteiger partial charge in [0.05, 0.1) is 0 Å². The molecule has 0 aliphatic carbocycles. The summed E-state index contributed by atoms with van der Waals surface area (Å²) in [6, 6.07) is 7.90. The number of fused-ring (bicyclic) bond motifs is 1. The van der Waals surface area contributed by atoms with Gasteiger partial charge in [0.25, 0.3) is 5.56 Å². The Kier molecular flexibility index (Phi) is 3.31. The molecule has 1 N–H and O–H groups in total. The minimum Gasteiger partial charge on any atom is -0.291 e. The number of hydrogen-bond donors (Lipinski definition) is 1.